The van der Waals surface area contributed by atoms with E-state index in [1.165, 1.54) is 65.4 Å². The molecule has 0 atom stereocenters. The maximum absolute atomic E-state index is 11.7. The number of pyridine rings is 1. The van der Waals surface area contributed by atoms with Gasteiger partial charge in [0.2, 0.25) is 0 Å². The number of hydrogen-bond donors (Lipinski definition) is 1. The summed E-state index contributed by atoms with van der Waals surface area (Å²) < 4.78 is 1.37. The van der Waals surface area contributed by atoms with Crippen molar-refractivity contribution < 1.29 is 30.0 Å². The first kappa shape index (κ1) is 37.7. The van der Waals surface area contributed by atoms with Gasteiger partial charge in [0, 0.05) is 53.0 Å². The van der Waals surface area contributed by atoms with Crippen LogP contribution in [-0.4, -0.2) is 15.9 Å². The van der Waals surface area contributed by atoms with Crippen LogP contribution in [0.15, 0.2) is 60.4 Å². The molecule has 1 aliphatic carbocycles. The minimum absolute atomic E-state index is 0. The first-order valence-corrected chi connectivity index (χ1v) is 18.1. The van der Waals surface area contributed by atoms with Crippen LogP contribution in [0.4, 0.5) is 0 Å². The summed E-state index contributed by atoms with van der Waals surface area (Å²) in [6.07, 6.45) is 4.91. The quantitative estimate of drug-likeness (QED) is 0.0962. The number of rotatable bonds is 8. The van der Waals surface area contributed by atoms with Gasteiger partial charge in [-0.05, 0) is 104 Å². The first-order valence-electron chi connectivity index (χ1n) is 17.3. The number of aryl methyl sites for hydroxylation is 4. The largest absolute Gasteiger partial charge is 0.512 e. The zero-order chi connectivity index (χ0) is 34.2. The van der Waals surface area contributed by atoms with Gasteiger partial charge in [-0.2, -0.15) is 0 Å². The van der Waals surface area contributed by atoms with Crippen molar-refractivity contribution in [2.45, 2.75) is 100 Å². The van der Waals surface area contributed by atoms with Crippen molar-refractivity contribution >= 4 is 38.1 Å². The van der Waals surface area contributed by atoms with Crippen LogP contribution in [0.3, 0.4) is 0 Å². The van der Waals surface area contributed by atoms with Crippen LogP contribution in [0.2, 0.25) is 0 Å². The summed E-state index contributed by atoms with van der Waals surface area (Å²) in [6.45, 7) is 21.5. The van der Waals surface area contributed by atoms with E-state index >= 15 is 0 Å². The third kappa shape index (κ3) is 6.97. The number of allylic oxidation sites excluding steroid dienone is 2. The summed E-state index contributed by atoms with van der Waals surface area (Å²) in [5.74, 6) is 0.547. The third-order valence-electron chi connectivity index (χ3n) is 10.1. The summed E-state index contributed by atoms with van der Waals surface area (Å²) in [7, 11) is 0. The van der Waals surface area contributed by atoms with E-state index in [0.29, 0.717) is 0 Å². The number of carbonyl (C=O) groups is 1. The van der Waals surface area contributed by atoms with Gasteiger partial charge in [0.05, 0.1) is 11.3 Å². The van der Waals surface area contributed by atoms with Crippen molar-refractivity contribution in [3.8, 4) is 21.7 Å². The molecule has 3 nitrogen and oxygen atoms in total. The maximum atomic E-state index is 11.7. The van der Waals surface area contributed by atoms with Gasteiger partial charge in [-0.3, -0.25) is 9.78 Å². The summed E-state index contributed by atoms with van der Waals surface area (Å²) in [5.41, 5.74) is 12.5. The van der Waals surface area contributed by atoms with Gasteiger partial charge in [-0.15, -0.1) is 40.7 Å². The number of benzene rings is 3. The molecule has 0 unspecified atom stereocenters. The molecule has 5 aromatic rings. The monoisotopic (exact) mass is 837 g/mol. The van der Waals surface area contributed by atoms with Crippen LogP contribution in [0, 0.1) is 45.6 Å². The van der Waals surface area contributed by atoms with Crippen LogP contribution in [0.5, 0.6) is 0 Å². The predicted molar refractivity (Wildman–Crippen MR) is 202 cm³/mol. The molecule has 3 aromatic carbocycles. The minimum Gasteiger partial charge on any atom is -0.512 e. The van der Waals surface area contributed by atoms with Crippen molar-refractivity contribution in [2.75, 3.05) is 0 Å². The Kier molecular flexibility index (Phi) is 11.9. The van der Waals surface area contributed by atoms with E-state index in [0.717, 1.165) is 42.5 Å². The molecule has 1 radical (unpaired) electrons. The van der Waals surface area contributed by atoms with E-state index in [1.54, 1.807) is 0 Å². The molecule has 6 rings (SSSR count). The Bertz CT molecular complexity index is 1990. The van der Waals surface area contributed by atoms with Gasteiger partial charge in [0.25, 0.3) is 0 Å². The summed E-state index contributed by atoms with van der Waals surface area (Å²) in [6, 6.07) is 21.5. The van der Waals surface area contributed by atoms with Gasteiger partial charge >= 0.3 is 0 Å². The maximum Gasteiger partial charge on any atom is 0.162 e. The molecular formula is C43H50IrNO2S-. The molecule has 0 fully saturated rings. The molecule has 0 saturated carbocycles. The van der Waals surface area contributed by atoms with Gasteiger partial charge in [0.1, 0.15) is 0 Å². The van der Waals surface area contributed by atoms with Gasteiger partial charge in [-0.1, -0.05) is 76.9 Å². The Hall–Kier alpha value is -3.11. The molecule has 0 spiro atoms. The van der Waals surface area contributed by atoms with E-state index in [9.17, 15) is 9.90 Å². The fourth-order valence-electron chi connectivity index (χ4n) is 7.58. The number of nitrogens with zero attached hydrogens (tertiary/aromatic N) is 1. The summed E-state index contributed by atoms with van der Waals surface area (Å²) in [5, 5.41) is 12.4. The van der Waals surface area contributed by atoms with Gasteiger partial charge in [-0.25, -0.2) is 0 Å². The average Bonchev–Trinajstić information content (AvgIpc) is 3.51. The summed E-state index contributed by atoms with van der Waals surface area (Å²) >= 11 is 1.92. The Morgan fingerprint density at radius 1 is 0.875 bits per heavy atom. The molecule has 0 bridgehead atoms. The Labute approximate surface area is 305 Å². The molecule has 1 aliphatic rings. The van der Waals surface area contributed by atoms with E-state index in [-0.39, 0.29) is 48.9 Å². The van der Waals surface area contributed by atoms with E-state index < -0.39 is 0 Å². The number of thiophene rings is 1. The zero-order valence-corrected chi connectivity index (χ0v) is 33.4. The van der Waals surface area contributed by atoms with Crippen molar-refractivity contribution in [1.82, 2.24) is 4.98 Å². The van der Waals surface area contributed by atoms with Gasteiger partial charge in [0.15, 0.2) is 5.78 Å². The fourth-order valence-corrected chi connectivity index (χ4v) is 8.95. The SMILES string of the molecule is CCC(CC)C(=O)/C=C(\O)C(CC)CC.Cc1cc(C)c2c(C)cc(-c3[c-]ccc4c3C(C)(C)c3c-4sc4ccc(C)cc34)nc2c1.[Ir]. The van der Waals surface area contributed by atoms with Crippen LogP contribution in [-0.2, 0) is 30.3 Å². The predicted octanol–water partition coefficient (Wildman–Crippen LogP) is 12.3. The van der Waals surface area contributed by atoms with E-state index in [1.807, 2.05) is 39.0 Å². The molecule has 2 heterocycles. The second-order valence-electron chi connectivity index (χ2n) is 13.9. The number of hydrogen-bond acceptors (Lipinski definition) is 4. The van der Waals surface area contributed by atoms with E-state index in [4.69, 9.17) is 4.98 Å². The standard InChI is InChI=1S/C30H26NS.C13H24O2.Ir/c1-16-10-11-25-22(13-16)28-29(32-25)21-9-7-8-20(27(21)30(28,5)6)23-15-19(4)26-18(3)12-17(2)14-24(26)31-23;1-5-10(6-2)12(14)9-13(15)11(7-3)8-4;/h7,9-15H,1-6H3;9-11,14H,5-8H2,1-4H3;/q-1;;/b;12-9-;. The summed E-state index contributed by atoms with van der Waals surface area (Å²) in [4.78, 5) is 18.3. The number of aliphatic hydroxyl groups is 1. The first-order chi connectivity index (χ1) is 22.4. The van der Waals surface area contributed by atoms with Crippen LogP contribution < -0.4 is 0 Å². The molecule has 2 aromatic heterocycles. The molecular weight excluding hydrogens is 787 g/mol. The molecule has 1 N–H and O–H groups in total. The van der Waals surface area contributed by atoms with Gasteiger partial charge < -0.3 is 5.11 Å². The van der Waals surface area contributed by atoms with Crippen molar-refractivity contribution in [3.05, 3.63) is 99.8 Å². The normalized spacial score (nSPS) is 13.4. The fraction of sp³-hybridized carbons (Fsp3) is 0.395. The minimum atomic E-state index is -0.100. The Morgan fingerprint density at radius 2 is 1.52 bits per heavy atom. The Balaban J connectivity index is 0.000000279. The van der Waals surface area contributed by atoms with Crippen molar-refractivity contribution in [1.29, 1.82) is 0 Å². The van der Waals surface area contributed by atoms with Crippen molar-refractivity contribution in [3.63, 3.8) is 0 Å². The average molecular weight is 837 g/mol. The zero-order valence-electron chi connectivity index (χ0n) is 30.2. The number of ketones is 1. The number of fused-ring (bicyclic) bond motifs is 6. The van der Waals surface area contributed by atoms with Crippen LogP contribution >= 0.6 is 11.3 Å². The number of carbonyl (C=O) groups excluding carboxylic acids is 1. The molecule has 0 amide bonds. The molecule has 5 heteroatoms. The molecule has 0 aliphatic heterocycles. The smallest absolute Gasteiger partial charge is 0.162 e. The molecule has 0 saturated heterocycles. The van der Waals surface area contributed by atoms with Crippen LogP contribution in [0.25, 0.3) is 42.7 Å². The molecule has 48 heavy (non-hydrogen) atoms. The van der Waals surface area contributed by atoms with Crippen LogP contribution in [0.1, 0.15) is 101 Å². The number of aromatic nitrogens is 1. The van der Waals surface area contributed by atoms with E-state index in [2.05, 4.69) is 96.1 Å². The Morgan fingerprint density at radius 3 is 2.17 bits per heavy atom. The number of aliphatic hydroxyl groups excluding tert-OH is 1. The topological polar surface area (TPSA) is 50.2 Å². The van der Waals surface area contributed by atoms with Crippen molar-refractivity contribution in [2.24, 2.45) is 11.8 Å². The third-order valence-corrected chi connectivity index (χ3v) is 11.3. The molecule has 255 valence electrons. The second-order valence-corrected chi connectivity index (χ2v) is 14.9. The second kappa shape index (κ2) is 15.2.